The summed E-state index contributed by atoms with van der Waals surface area (Å²) < 4.78 is 0. The van der Waals surface area contributed by atoms with Crippen LogP contribution in [0, 0.1) is 18.4 Å². The molecule has 0 aliphatic heterocycles. The Balaban J connectivity index is 3.02. The van der Waals surface area contributed by atoms with Crippen molar-refractivity contribution < 1.29 is 0 Å². The molecule has 0 amide bonds. The van der Waals surface area contributed by atoms with Gasteiger partial charge < -0.3 is 0 Å². The molecule has 0 heterocycles. The second kappa shape index (κ2) is 6.30. The van der Waals surface area contributed by atoms with E-state index < -0.39 is 0 Å². The Morgan fingerprint density at radius 3 is 2.75 bits per heavy atom. The van der Waals surface area contributed by atoms with Gasteiger partial charge >= 0.3 is 0 Å². The summed E-state index contributed by atoms with van der Waals surface area (Å²) in [6.45, 7) is 7.16. The first-order valence-electron chi connectivity index (χ1n) is 2.91. The van der Waals surface area contributed by atoms with E-state index in [9.17, 15) is 0 Å². The van der Waals surface area contributed by atoms with Gasteiger partial charge in [-0.25, -0.2) is 0 Å². The molecular weight excluding hydrogens is 96.1 g/mol. The van der Waals surface area contributed by atoms with Crippen LogP contribution in [0.2, 0.25) is 0 Å². The molecule has 43 valence electrons. The van der Waals surface area contributed by atoms with Crippen LogP contribution < -0.4 is 0 Å². The standard InChI is InChI=1S/C8H11/c1-3-5-7-8-6-4-2/h1,3H,4-5,7H2,2H3. The van der Waals surface area contributed by atoms with E-state index in [1.54, 1.807) is 6.08 Å². The van der Waals surface area contributed by atoms with Crippen molar-refractivity contribution in [3.8, 4) is 11.8 Å². The van der Waals surface area contributed by atoms with Gasteiger partial charge in [-0.05, 0) is 6.42 Å². The van der Waals surface area contributed by atoms with Crippen LogP contribution in [0.1, 0.15) is 26.2 Å². The molecule has 0 saturated carbocycles. The van der Waals surface area contributed by atoms with Crippen molar-refractivity contribution in [2.45, 2.75) is 26.2 Å². The Morgan fingerprint density at radius 2 is 2.25 bits per heavy atom. The fourth-order valence-corrected chi connectivity index (χ4v) is 0.369. The van der Waals surface area contributed by atoms with Crippen LogP contribution in [0.3, 0.4) is 0 Å². The van der Waals surface area contributed by atoms with E-state index in [-0.39, 0.29) is 0 Å². The van der Waals surface area contributed by atoms with E-state index in [1.807, 2.05) is 6.92 Å². The summed E-state index contributed by atoms with van der Waals surface area (Å²) in [7, 11) is 0. The third-order valence-corrected chi connectivity index (χ3v) is 0.738. The smallest absolute Gasteiger partial charge is 0.0123 e. The van der Waals surface area contributed by atoms with E-state index in [0.29, 0.717) is 0 Å². The minimum atomic E-state index is 0.907. The summed E-state index contributed by atoms with van der Waals surface area (Å²) in [5.74, 6) is 5.93. The number of rotatable bonds is 2. The second-order valence-corrected chi connectivity index (χ2v) is 1.48. The monoisotopic (exact) mass is 107 g/mol. The Kier molecular flexibility index (Phi) is 5.75. The lowest BCUT2D eigenvalue weighted by molar-refractivity contribution is 1.08. The van der Waals surface area contributed by atoms with E-state index in [0.717, 1.165) is 19.3 Å². The number of hydrogen-bond donors (Lipinski definition) is 0. The lowest BCUT2D eigenvalue weighted by atomic mass is 10.3. The zero-order valence-corrected chi connectivity index (χ0v) is 5.28. The van der Waals surface area contributed by atoms with Gasteiger partial charge in [-0.1, -0.05) is 19.6 Å². The van der Waals surface area contributed by atoms with E-state index in [1.165, 1.54) is 0 Å². The molecule has 0 saturated heterocycles. The predicted molar refractivity (Wildman–Crippen MR) is 36.2 cm³/mol. The molecule has 0 spiro atoms. The second-order valence-electron chi connectivity index (χ2n) is 1.48. The summed E-state index contributed by atoms with van der Waals surface area (Å²) in [5, 5.41) is 0. The lowest BCUT2D eigenvalue weighted by Gasteiger charge is -1.76. The maximum absolute atomic E-state index is 5.12. The topological polar surface area (TPSA) is 0 Å². The third kappa shape index (κ3) is 5.30. The minimum absolute atomic E-state index is 0.907. The Morgan fingerprint density at radius 1 is 1.50 bits per heavy atom. The molecule has 0 bridgehead atoms. The third-order valence-electron chi connectivity index (χ3n) is 0.738. The molecule has 0 aromatic rings. The molecule has 0 atom stereocenters. The molecular formula is C8H11. The average molecular weight is 107 g/mol. The fourth-order valence-electron chi connectivity index (χ4n) is 0.369. The summed E-state index contributed by atoms with van der Waals surface area (Å²) >= 11 is 0. The van der Waals surface area contributed by atoms with Gasteiger partial charge in [-0.3, -0.25) is 0 Å². The molecule has 0 aliphatic rings. The maximum atomic E-state index is 5.12. The normalized spacial score (nSPS) is 7.12. The van der Waals surface area contributed by atoms with Crippen LogP contribution in [-0.4, -0.2) is 0 Å². The molecule has 0 N–H and O–H groups in total. The number of allylic oxidation sites excluding steroid dienone is 1. The Hall–Kier alpha value is -0.700. The van der Waals surface area contributed by atoms with Gasteiger partial charge in [0, 0.05) is 12.8 Å². The molecule has 0 aliphatic carbocycles. The highest BCUT2D eigenvalue weighted by Gasteiger charge is 1.69. The van der Waals surface area contributed by atoms with Crippen molar-refractivity contribution in [3.05, 3.63) is 12.7 Å². The first kappa shape index (κ1) is 7.30. The van der Waals surface area contributed by atoms with Crippen LogP contribution in [0.5, 0.6) is 0 Å². The SMILES string of the molecule is [CH]=CCCC#CCC. The van der Waals surface area contributed by atoms with Crippen molar-refractivity contribution >= 4 is 0 Å². The average Bonchev–Trinajstić information content (AvgIpc) is 1.81. The molecule has 0 heteroatoms. The Labute approximate surface area is 51.6 Å². The maximum Gasteiger partial charge on any atom is 0.0123 e. The van der Waals surface area contributed by atoms with Gasteiger partial charge in [0.15, 0.2) is 0 Å². The van der Waals surface area contributed by atoms with Crippen LogP contribution in [-0.2, 0) is 0 Å². The van der Waals surface area contributed by atoms with E-state index >= 15 is 0 Å². The van der Waals surface area contributed by atoms with Crippen molar-refractivity contribution in [1.82, 2.24) is 0 Å². The molecule has 0 aromatic heterocycles. The summed E-state index contributed by atoms with van der Waals surface area (Å²) in [6.07, 6.45) is 4.41. The van der Waals surface area contributed by atoms with Gasteiger partial charge in [-0.2, -0.15) is 0 Å². The zero-order valence-electron chi connectivity index (χ0n) is 5.28. The van der Waals surface area contributed by atoms with Gasteiger partial charge in [0.05, 0.1) is 0 Å². The summed E-state index contributed by atoms with van der Waals surface area (Å²) in [6, 6.07) is 0. The highest BCUT2D eigenvalue weighted by Crippen LogP contribution is 1.84. The molecule has 0 unspecified atom stereocenters. The predicted octanol–water partition coefficient (Wildman–Crippen LogP) is 2.17. The van der Waals surface area contributed by atoms with E-state index in [2.05, 4.69) is 11.8 Å². The molecule has 0 rings (SSSR count). The Bertz CT molecular complexity index is 101. The summed E-state index contributed by atoms with van der Waals surface area (Å²) in [5.41, 5.74) is 0. The molecule has 1 radical (unpaired) electrons. The molecule has 0 aromatic carbocycles. The zero-order chi connectivity index (χ0) is 6.24. The van der Waals surface area contributed by atoms with Gasteiger partial charge in [0.2, 0.25) is 0 Å². The molecule has 8 heavy (non-hydrogen) atoms. The highest BCUT2D eigenvalue weighted by atomic mass is 13.7. The van der Waals surface area contributed by atoms with Crippen LogP contribution in [0.4, 0.5) is 0 Å². The number of unbranched alkanes of at least 4 members (excludes halogenated alkanes) is 1. The lowest BCUT2D eigenvalue weighted by Crippen LogP contribution is -1.62. The van der Waals surface area contributed by atoms with Crippen molar-refractivity contribution in [1.29, 1.82) is 0 Å². The van der Waals surface area contributed by atoms with Crippen LogP contribution in [0.15, 0.2) is 6.08 Å². The molecule has 0 nitrogen and oxygen atoms in total. The highest BCUT2D eigenvalue weighted by molar-refractivity contribution is 4.98. The van der Waals surface area contributed by atoms with Gasteiger partial charge in [0.1, 0.15) is 0 Å². The van der Waals surface area contributed by atoms with Crippen LogP contribution >= 0.6 is 0 Å². The van der Waals surface area contributed by atoms with Gasteiger partial charge in [-0.15, -0.1) is 11.8 Å². The molecule has 0 fully saturated rings. The number of hydrogen-bond acceptors (Lipinski definition) is 0. The van der Waals surface area contributed by atoms with Crippen molar-refractivity contribution in [2.75, 3.05) is 0 Å². The quantitative estimate of drug-likeness (QED) is 0.375. The first-order chi connectivity index (χ1) is 3.91. The van der Waals surface area contributed by atoms with Gasteiger partial charge in [0.25, 0.3) is 0 Å². The summed E-state index contributed by atoms with van der Waals surface area (Å²) in [4.78, 5) is 0. The largest absolute Gasteiger partial charge is 0.104 e. The first-order valence-corrected chi connectivity index (χ1v) is 2.91. The fraction of sp³-hybridized carbons (Fsp3) is 0.500. The van der Waals surface area contributed by atoms with E-state index in [4.69, 9.17) is 6.58 Å². The van der Waals surface area contributed by atoms with Crippen molar-refractivity contribution in [3.63, 3.8) is 0 Å². The minimum Gasteiger partial charge on any atom is -0.104 e. The van der Waals surface area contributed by atoms with Crippen molar-refractivity contribution in [2.24, 2.45) is 0 Å². The van der Waals surface area contributed by atoms with Crippen LogP contribution in [0.25, 0.3) is 0 Å².